The zero-order valence-electron chi connectivity index (χ0n) is 7.37. The highest BCUT2D eigenvalue weighted by Gasteiger charge is 2.16. The second-order valence-electron chi connectivity index (χ2n) is 2.69. The maximum atomic E-state index is 10.7. The number of aromatic nitrogens is 3. The maximum absolute atomic E-state index is 10.7. The fourth-order valence-corrected chi connectivity index (χ4v) is 1.26. The molecule has 0 saturated carbocycles. The summed E-state index contributed by atoms with van der Waals surface area (Å²) in [4.78, 5) is 14.1. The van der Waals surface area contributed by atoms with Gasteiger partial charge in [0.05, 0.1) is 4.92 Å². The second kappa shape index (κ2) is 3.66. The first-order valence-corrected chi connectivity index (χ1v) is 4.37. The predicted molar refractivity (Wildman–Crippen MR) is 53.0 cm³/mol. The number of nitrogens with zero attached hydrogens (tertiary/aromatic N) is 4. The third kappa shape index (κ3) is 1.79. The first-order valence-electron chi connectivity index (χ1n) is 3.99. The van der Waals surface area contributed by atoms with Crippen LogP contribution in [0.3, 0.4) is 0 Å². The van der Waals surface area contributed by atoms with Crippen LogP contribution < -0.4 is 0 Å². The Morgan fingerprint density at radius 3 is 2.87 bits per heavy atom. The van der Waals surface area contributed by atoms with E-state index in [-0.39, 0.29) is 16.7 Å². The zero-order chi connectivity index (χ0) is 10.8. The maximum Gasteiger partial charge on any atom is 0.313 e. The minimum atomic E-state index is -0.516. The van der Waals surface area contributed by atoms with E-state index in [1.54, 1.807) is 0 Å². The molecule has 0 aliphatic carbocycles. The molecule has 0 bridgehead atoms. The summed E-state index contributed by atoms with van der Waals surface area (Å²) in [6, 6.07) is 4.38. The highest BCUT2D eigenvalue weighted by Crippen LogP contribution is 2.19. The van der Waals surface area contributed by atoms with Crippen LogP contribution in [0, 0.1) is 10.1 Å². The van der Waals surface area contributed by atoms with Crippen molar-refractivity contribution in [1.82, 2.24) is 14.8 Å². The minimum Gasteiger partial charge on any atom is -0.258 e. The van der Waals surface area contributed by atoms with Crippen LogP contribution in [0.4, 0.5) is 5.69 Å². The monoisotopic (exact) mass is 224 g/mol. The first-order chi connectivity index (χ1) is 7.18. The number of hydrogen-bond donors (Lipinski definition) is 0. The molecule has 0 aromatic carbocycles. The van der Waals surface area contributed by atoms with Gasteiger partial charge >= 0.3 is 5.69 Å². The van der Waals surface area contributed by atoms with Crippen molar-refractivity contribution in [3.63, 3.8) is 0 Å². The summed E-state index contributed by atoms with van der Waals surface area (Å²) < 4.78 is 1.26. The van der Waals surface area contributed by atoms with Gasteiger partial charge in [0.25, 0.3) is 0 Å². The molecule has 0 unspecified atom stereocenters. The molecule has 0 fully saturated rings. The van der Waals surface area contributed by atoms with E-state index in [0.717, 1.165) is 0 Å². The Labute approximate surface area is 89.3 Å². The van der Waals surface area contributed by atoms with Crippen molar-refractivity contribution >= 4 is 17.3 Å². The molecule has 2 aromatic heterocycles. The van der Waals surface area contributed by atoms with Crippen LogP contribution in [0.15, 0.2) is 30.6 Å². The molecule has 0 aliphatic rings. The van der Waals surface area contributed by atoms with E-state index in [2.05, 4.69) is 10.1 Å². The lowest BCUT2D eigenvalue weighted by Crippen LogP contribution is -2.02. The summed E-state index contributed by atoms with van der Waals surface area (Å²) in [5, 5.41) is 14.8. The van der Waals surface area contributed by atoms with E-state index in [1.807, 2.05) is 0 Å². The number of pyridine rings is 1. The molecule has 0 radical (unpaired) electrons. The summed E-state index contributed by atoms with van der Waals surface area (Å²) >= 11 is 5.61. The molecule has 0 atom stereocenters. The molecule has 0 N–H and O–H groups in total. The highest BCUT2D eigenvalue weighted by molar-refractivity contribution is 6.29. The summed E-state index contributed by atoms with van der Waals surface area (Å²) in [5.74, 6) is 0.148. The van der Waals surface area contributed by atoms with Gasteiger partial charge in [0.1, 0.15) is 0 Å². The van der Waals surface area contributed by atoms with E-state index < -0.39 is 4.92 Å². The van der Waals surface area contributed by atoms with Crippen LogP contribution in [0.5, 0.6) is 0 Å². The number of halogens is 1. The van der Waals surface area contributed by atoms with Crippen LogP contribution in [-0.2, 0) is 0 Å². The van der Waals surface area contributed by atoms with E-state index in [1.165, 1.54) is 35.3 Å². The van der Waals surface area contributed by atoms with Gasteiger partial charge in [-0.05, 0) is 12.1 Å². The van der Waals surface area contributed by atoms with Crippen LogP contribution in [0.1, 0.15) is 0 Å². The molecular weight excluding hydrogens is 220 g/mol. The normalized spacial score (nSPS) is 10.2. The Kier molecular flexibility index (Phi) is 2.34. The quantitative estimate of drug-likeness (QED) is 0.576. The molecule has 0 saturated heterocycles. The highest BCUT2D eigenvalue weighted by atomic mass is 35.5. The molecule has 0 spiro atoms. The fourth-order valence-electron chi connectivity index (χ4n) is 1.13. The molecule has 2 rings (SSSR count). The van der Waals surface area contributed by atoms with Gasteiger partial charge in [-0.15, -0.1) is 0 Å². The van der Waals surface area contributed by atoms with Crippen LogP contribution >= 0.6 is 11.6 Å². The van der Waals surface area contributed by atoms with Crippen molar-refractivity contribution in [2.24, 2.45) is 0 Å². The lowest BCUT2D eigenvalue weighted by molar-refractivity contribution is -0.384. The Hall–Kier alpha value is -1.95. The molecule has 0 amide bonds. The molecule has 7 heteroatoms. The van der Waals surface area contributed by atoms with E-state index in [9.17, 15) is 10.1 Å². The summed E-state index contributed by atoms with van der Waals surface area (Å²) in [7, 11) is 0. The molecule has 2 aromatic rings. The van der Waals surface area contributed by atoms with E-state index in [0.29, 0.717) is 0 Å². The fraction of sp³-hybridized carbons (Fsp3) is 0. The van der Waals surface area contributed by atoms with Crippen molar-refractivity contribution < 1.29 is 4.92 Å². The van der Waals surface area contributed by atoms with Crippen molar-refractivity contribution in [3.8, 4) is 5.82 Å². The SMILES string of the molecule is O=[N+]([O-])c1cccnc1-n1ccc(Cl)n1. The Morgan fingerprint density at radius 2 is 2.27 bits per heavy atom. The van der Waals surface area contributed by atoms with Gasteiger partial charge in [-0.25, -0.2) is 9.67 Å². The van der Waals surface area contributed by atoms with E-state index >= 15 is 0 Å². The van der Waals surface area contributed by atoms with Gasteiger partial charge in [-0.3, -0.25) is 10.1 Å². The lowest BCUT2D eigenvalue weighted by atomic mass is 10.4. The smallest absolute Gasteiger partial charge is 0.258 e. The average molecular weight is 225 g/mol. The van der Waals surface area contributed by atoms with Gasteiger partial charge in [0.15, 0.2) is 5.15 Å². The number of nitro groups is 1. The molecule has 6 nitrogen and oxygen atoms in total. The molecule has 76 valence electrons. The second-order valence-corrected chi connectivity index (χ2v) is 3.07. The summed E-state index contributed by atoms with van der Waals surface area (Å²) in [6.07, 6.45) is 2.97. The van der Waals surface area contributed by atoms with Gasteiger partial charge in [0, 0.05) is 18.5 Å². The van der Waals surface area contributed by atoms with Crippen molar-refractivity contribution in [1.29, 1.82) is 0 Å². The van der Waals surface area contributed by atoms with Crippen molar-refractivity contribution in [2.45, 2.75) is 0 Å². The number of rotatable bonds is 2. The molecule has 2 heterocycles. The molecule has 0 aliphatic heterocycles. The molecular formula is C8H5ClN4O2. The zero-order valence-corrected chi connectivity index (χ0v) is 8.13. The Balaban J connectivity index is 2.57. The standard InChI is InChI=1S/C8H5ClN4O2/c9-7-3-5-12(11-7)8-6(13(14)15)2-1-4-10-8/h1-5H. The van der Waals surface area contributed by atoms with Crippen LogP contribution in [0.2, 0.25) is 5.15 Å². The summed E-state index contributed by atoms with van der Waals surface area (Å²) in [6.45, 7) is 0. The minimum absolute atomic E-state index is 0.114. The third-order valence-corrected chi connectivity index (χ3v) is 1.94. The number of hydrogen-bond acceptors (Lipinski definition) is 4. The Morgan fingerprint density at radius 1 is 1.47 bits per heavy atom. The first kappa shape index (κ1) is 9.60. The van der Waals surface area contributed by atoms with Gasteiger partial charge in [-0.1, -0.05) is 11.6 Å². The molecule has 15 heavy (non-hydrogen) atoms. The average Bonchev–Trinajstić information content (AvgIpc) is 2.65. The van der Waals surface area contributed by atoms with Crippen LogP contribution in [0.25, 0.3) is 5.82 Å². The topological polar surface area (TPSA) is 73.8 Å². The van der Waals surface area contributed by atoms with Gasteiger partial charge < -0.3 is 0 Å². The van der Waals surface area contributed by atoms with Gasteiger partial charge in [0.2, 0.25) is 5.82 Å². The van der Waals surface area contributed by atoms with E-state index in [4.69, 9.17) is 11.6 Å². The van der Waals surface area contributed by atoms with Gasteiger partial charge in [-0.2, -0.15) is 5.10 Å². The Bertz CT molecular complexity index is 511. The van der Waals surface area contributed by atoms with Crippen molar-refractivity contribution in [2.75, 3.05) is 0 Å². The lowest BCUT2D eigenvalue weighted by Gasteiger charge is -1.99. The summed E-state index contributed by atoms with van der Waals surface area (Å²) in [5.41, 5.74) is -0.114. The van der Waals surface area contributed by atoms with Crippen molar-refractivity contribution in [3.05, 3.63) is 45.9 Å². The third-order valence-electron chi connectivity index (χ3n) is 1.74. The largest absolute Gasteiger partial charge is 0.313 e. The van der Waals surface area contributed by atoms with Crippen LogP contribution in [-0.4, -0.2) is 19.7 Å². The predicted octanol–water partition coefficient (Wildman–Crippen LogP) is 1.83.